The van der Waals surface area contributed by atoms with Gasteiger partial charge in [-0.3, -0.25) is 4.79 Å². The Hall–Kier alpha value is -1.64. The summed E-state index contributed by atoms with van der Waals surface area (Å²) in [7, 11) is 0. The van der Waals surface area contributed by atoms with Crippen LogP contribution in [-0.2, 0) is 0 Å². The maximum Gasteiger partial charge on any atom is 0.573 e. The predicted octanol–water partition coefficient (Wildman–Crippen LogP) is 4.29. The van der Waals surface area contributed by atoms with Crippen LogP contribution in [0.3, 0.4) is 0 Å². The first-order valence-electron chi connectivity index (χ1n) is 5.22. The second kappa shape index (κ2) is 6.00. The summed E-state index contributed by atoms with van der Waals surface area (Å²) in [6, 6.07) is 1.60. The molecule has 1 atom stereocenters. The molecule has 1 aromatic carbocycles. The average molecular weight is 337 g/mol. The van der Waals surface area contributed by atoms with Crippen molar-refractivity contribution in [1.82, 2.24) is 0 Å². The Morgan fingerprint density at radius 1 is 1.00 bits per heavy atom. The van der Waals surface area contributed by atoms with Gasteiger partial charge in [-0.2, -0.15) is 0 Å². The van der Waals surface area contributed by atoms with Gasteiger partial charge in [0.1, 0.15) is 11.5 Å². The Kier molecular flexibility index (Phi) is 4.98. The van der Waals surface area contributed by atoms with Gasteiger partial charge in [0, 0.05) is 11.6 Å². The van der Waals surface area contributed by atoms with Gasteiger partial charge in [-0.1, -0.05) is 0 Å². The molecule has 1 rings (SSSR count). The molecular weight excluding hydrogens is 330 g/mol. The standard InChI is InChI=1S/C11H7ClF6O3/c1-5(12)9(19)6-2-7(20-10(13,14)15)4-8(3-6)21-11(16,17)18/h2-5H,1H3. The summed E-state index contributed by atoms with van der Waals surface area (Å²) in [5, 5.41) is -1.15. The highest BCUT2D eigenvalue weighted by Gasteiger charge is 2.34. The number of alkyl halides is 7. The normalized spacial score (nSPS) is 13.7. The molecule has 1 aromatic rings. The minimum atomic E-state index is -5.14. The number of benzene rings is 1. The maximum absolute atomic E-state index is 12.1. The highest BCUT2D eigenvalue weighted by atomic mass is 35.5. The summed E-state index contributed by atoms with van der Waals surface area (Å²) in [6.45, 7) is 1.21. The van der Waals surface area contributed by atoms with E-state index in [1.807, 2.05) is 0 Å². The van der Waals surface area contributed by atoms with E-state index in [4.69, 9.17) is 11.6 Å². The molecule has 21 heavy (non-hydrogen) atoms. The summed E-state index contributed by atoms with van der Waals surface area (Å²) in [5.41, 5.74) is -0.501. The Bertz CT molecular complexity index is 489. The fourth-order valence-corrected chi connectivity index (χ4v) is 1.45. The fraction of sp³-hybridized carbons (Fsp3) is 0.364. The van der Waals surface area contributed by atoms with E-state index in [1.54, 1.807) is 0 Å². The minimum absolute atomic E-state index is 0.358. The molecule has 118 valence electrons. The Morgan fingerprint density at radius 2 is 1.38 bits per heavy atom. The summed E-state index contributed by atoms with van der Waals surface area (Å²) in [4.78, 5) is 11.6. The van der Waals surface area contributed by atoms with E-state index in [2.05, 4.69) is 9.47 Å². The molecule has 0 saturated heterocycles. The van der Waals surface area contributed by atoms with Gasteiger partial charge in [-0.05, 0) is 19.1 Å². The van der Waals surface area contributed by atoms with E-state index in [0.717, 1.165) is 0 Å². The first-order valence-corrected chi connectivity index (χ1v) is 5.66. The zero-order valence-electron chi connectivity index (χ0n) is 10.2. The molecule has 0 aliphatic heterocycles. The monoisotopic (exact) mass is 336 g/mol. The largest absolute Gasteiger partial charge is 0.573 e. The van der Waals surface area contributed by atoms with Gasteiger partial charge in [0.2, 0.25) is 0 Å². The number of Topliss-reactive ketones (excluding diaryl/α,β-unsaturated/α-hetero) is 1. The number of hydrogen-bond acceptors (Lipinski definition) is 3. The van der Waals surface area contributed by atoms with E-state index in [9.17, 15) is 31.1 Å². The van der Waals surface area contributed by atoms with Crippen LogP contribution in [0.15, 0.2) is 18.2 Å². The zero-order valence-corrected chi connectivity index (χ0v) is 10.9. The average Bonchev–Trinajstić information content (AvgIpc) is 2.22. The molecule has 0 amide bonds. The van der Waals surface area contributed by atoms with Crippen LogP contribution in [0.25, 0.3) is 0 Å². The third kappa shape index (κ3) is 6.11. The molecule has 0 saturated carbocycles. The molecule has 0 spiro atoms. The van der Waals surface area contributed by atoms with Crippen molar-refractivity contribution in [3.05, 3.63) is 23.8 Å². The highest BCUT2D eigenvalue weighted by molar-refractivity contribution is 6.33. The van der Waals surface area contributed by atoms with E-state index in [0.29, 0.717) is 18.2 Å². The van der Waals surface area contributed by atoms with Crippen LogP contribution in [0.5, 0.6) is 11.5 Å². The lowest BCUT2D eigenvalue weighted by molar-refractivity contribution is -0.276. The van der Waals surface area contributed by atoms with Crippen LogP contribution in [0.1, 0.15) is 17.3 Å². The Morgan fingerprint density at radius 3 is 1.67 bits per heavy atom. The van der Waals surface area contributed by atoms with Gasteiger partial charge in [0.15, 0.2) is 5.78 Å². The van der Waals surface area contributed by atoms with Crippen molar-refractivity contribution in [2.24, 2.45) is 0 Å². The fourth-order valence-electron chi connectivity index (χ4n) is 1.33. The van der Waals surface area contributed by atoms with E-state index < -0.39 is 40.9 Å². The first-order chi connectivity index (χ1) is 9.37. The Balaban J connectivity index is 3.22. The van der Waals surface area contributed by atoms with Crippen molar-refractivity contribution in [2.45, 2.75) is 25.0 Å². The molecular formula is C11H7ClF6O3. The quantitative estimate of drug-likeness (QED) is 0.467. The maximum atomic E-state index is 12.1. The minimum Gasteiger partial charge on any atom is -0.406 e. The van der Waals surface area contributed by atoms with Gasteiger partial charge in [-0.25, -0.2) is 0 Å². The molecule has 0 bridgehead atoms. The zero-order chi connectivity index (χ0) is 16.4. The van der Waals surface area contributed by atoms with Gasteiger partial charge in [0.05, 0.1) is 5.38 Å². The van der Waals surface area contributed by atoms with Crippen LogP contribution in [0.2, 0.25) is 0 Å². The molecule has 0 fully saturated rings. The van der Waals surface area contributed by atoms with Crippen molar-refractivity contribution in [3.8, 4) is 11.5 Å². The molecule has 3 nitrogen and oxygen atoms in total. The summed E-state index contributed by atoms with van der Waals surface area (Å²) >= 11 is 5.46. The third-order valence-corrected chi connectivity index (χ3v) is 2.19. The molecule has 10 heteroatoms. The lowest BCUT2D eigenvalue weighted by atomic mass is 10.1. The van der Waals surface area contributed by atoms with Crippen LogP contribution in [0, 0.1) is 0 Å². The van der Waals surface area contributed by atoms with Crippen molar-refractivity contribution in [2.75, 3.05) is 0 Å². The second-order valence-corrected chi connectivity index (χ2v) is 4.42. The SMILES string of the molecule is CC(Cl)C(=O)c1cc(OC(F)(F)F)cc(OC(F)(F)F)c1. The van der Waals surface area contributed by atoms with E-state index >= 15 is 0 Å². The lowest BCUT2D eigenvalue weighted by Gasteiger charge is -2.14. The third-order valence-electron chi connectivity index (χ3n) is 1.99. The van der Waals surface area contributed by atoms with Gasteiger partial charge < -0.3 is 9.47 Å². The van der Waals surface area contributed by atoms with Crippen LogP contribution >= 0.6 is 11.6 Å². The first kappa shape index (κ1) is 17.4. The number of rotatable bonds is 4. The van der Waals surface area contributed by atoms with Gasteiger partial charge in [0.25, 0.3) is 0 Å². The molecule has 0 radical (unpaired) electrons. The van der Waals surface area contributed by atoms with Crippen molar-refractivity contribution in [3.63, 3.8) is 0 Å². The second-order valence-electron chi connectivity index (χ2n) is 3.77. The summed E-state index contributed by atoms with van der Waals surface area (Å²) < 4.78 is 79.6. The molecule has 0 aromatic heterocycles. The lowest BCUT2D eigenvalue weighted by Crippen LogP contribution is -2.20. The number of ketones is 1. The van der Waals surface area contributed by atoms with E-state index in [-0.39, 0.29) is 0 Å². The predicted molar refractivity (Wildman–Crippen MR) is 59.5 cm³/mol. The molecule has 1 unspecified atom stereocenters. The van der Waals surface area contributed by atoms with Crippen molar-refractivity contribution >= 4 is 17.4 Å². The number of carbonyl (C=O) groups is 1. The van der Waals surface area contributed by atoms with Gasteiger partial charge in [-0.15, -0.1) is 37.9 Å². The summed E-state index contributed by atoms with van der Waals surface area (Å²) in [6.07, 6.45) is -10.3. The molecule has 0 aliphatic rings. The van der Waals surface area contributed by atoms with E-state index in [1.165, 1.54) is 6.92 Å². The number of ether oxygens (including phenoxy) is 2. The summed E-state index contributed by atoms with van der Waals surface area (Å²) in [5.74, 6) is -2.92. The topological polar surface area (TPSA) is 35.5 Å². The number of halogens is 7. The van der Waals surface area contributed by atoms with Crippen LogP contribution in [-0.4, -0.2) is 23.9 Å². The van der Waals surface area contributed by atoms with Crippen LogP contribution < -0.4 is 9.47 Å². The van der Waals surface area contributed by atoms with Crippen molar-refractivity contribution in [1.29, 1.82) is 0 Å². The molecule has 0 heterocycles. The number of hydrogen-bond donors (Lipinski definition) is 0. The van der Waals surface area contributed by atoms with Gasteiger partial charge >= 0.3 is 12.7 Å². The Labute approximate surface area is 119 Å². The van der Waals surface area contributed by atoms with Crippen molar-refractivity contribution < 1.29 is 40.6 Å². The molecule has 0 aliphatic carbocycles. The van der Waals surface area contributed by atoms with Crippen LogP contribution in [0.4, 0.5) is 26.3 Å². The smallest absolute Gasteiger partial charge is 0.406 e. The molecule has 0 N–H and O–H groups in total. The highest BCUT2D eigenvalue weighted by Crippen LogP contribution is 2.31. The number of carbonyl (C=O) groups excluding carboxylic acids is 1.